The summed E-state index contributed by atoms with van der Waals surface area (Å²) in [5.41, 5.74) is 2.43. The van der Waals surface area contributed by atoms with Crippen LogP contribution < -0.4 is 19.7 Å². The largest absolute Gasteiger partial charge is 0.454 e. The molecule has 0 spiro atoms. The summed E-state index contributed by atoms with van der Waals surface area (Å²) < 4.78 is 11.7. The van der Waals surface area contributed by atoms with Crippen molar-refractivity contribution >= 4 is 50.9 Å². The Kier molecular flexibility index (Phi) is 4.54. The molecule has 0 aliphatic carbocycles. The first-order valence-electron chi connectivity index (χ1n) is 7.93. The van der Waals surface area contributed by atoms with Crippen molar-refractivity contribution in [2.24, 2.45) is 0 Å². The second kappa shape index (κ2) is 6.85. The highest BCUT2D eigenvalue weighted by molar-refractivity contribution is 9.10. The highest BCUT2D eigenvalue weighted by Gasteiger charge is 2.36. The summed E-state index contributed by atoms with van der Waals surface area (Å²) >= 11 is 5.15. The quantitative estimate of drug-likeness (QED) is 0.792. The van der Waals surface area contributed by atoms with E-state index in [-0.39, 0.29) is 24.0 Å². The summed E-state index contributed by atoms with van der Waals surface area (Å²) in [6.45, 7) is 1.66. The first-order chi connectivity index (χ1) is 12.5. The highest BCUT2D eigenvalue weighted by Crippen LogP contribution is 2.47. The molecule has 1 unspecified atom stereocenters. The Morgan fingerprint density at radius 3 is 2.62 bits per heavy atom. The van der Waals surface area contributed by atoms with Gasteiger partial charge in [0.05, 0.1) is 5.75 Å². The van der Waals surface area contributed by atoms with Crippen molar-refractivity contribution in [1.82, 2.24) is 0 Å². The predicted octanol–water partition coefficient (Wildman–Crippen LogP) is 3.91. The normalized spacial score (nSPS) is 18.3. The van der Waals surface area contributed by atoms with E-state index in [0.717, 1.165) is 15.7 Å². The number of ether oxygens (including phenoxy) is 2. The number of amides is 2. The van der Waals surface area contributed by atoms with Gasteiger partial charge in [-0.2, -0.15) is 0 Å². The van der Waals surface area contributed by atoms with Crippen molar-refractivity contribution in [3.8, 4) is 11.5 Å². The SMILES string of the molecule is CC(=O)Nc1ccc(N2C(=O)CSC2c2cc3c(cc2Br)OCO3)cc1. The monoisotopic (exact) mass is 434 g/mol. The van der Waals surface area contributed by atoms with Gasteiger partial charge in [0.25, 0.3) is 0 Å². The van der Waals surface area contributed by atoms with Crippen molar-refractivity contribution < 1.29 is 19.1 Å². The number of anilines is 2. The number of nitrogens with one attached hydrogen (secondary N) is 1. The summed E-state index contributed by atoms with van der Waals surface area (Å²) in [6.07, 6.45) is 0. The van der Waals surface area contributed by atoms with Gasteiger partial charge in [-0.05, 0) is 36.4 Å². The number of benzene rings is 2. The summed E-state index contributed by atoms with van der Waals surface area (Å²) in [6, 6.07) is 11.0. The van der Waals surface area contributed by atoms with Crippen molar-refractivity contribution in [3.05, 3.63) is 46.4 Å². The van der Waals surface area contributed by atoms with E-state index in [1.54, 1.807) is 28.8 Å². The van der Waals surface area contributed by atoms with Crippen LogP contribution in [0.2, 0.25) is 0 Å². The lowest BCUT2D eigenvalue weighted by atomic mass is 10.1. The minimum absolute atomic E-state index is 0.0387. The summed E-state index contributed by atoms with van der Waals surface area (Å²) in [5, 5.41) is 2.56. The summed E-state index contributed by atoms with van der Waals surface area (Å²) in [5.74, 6) is 1.69. The number of thioether (sulfide) groups is 1. The molecule has 2 aromatic carbocycles. The first-order valence-corrected chi connectivity index (χ1v) is 9.77. The maximum absolute atomic E-state index is 12.5. The molecule has 1 atom stereocenters. The van der Waals surface area contributed by atoms with Crippen molar-refractivity contribution in [2.45, 2.75) is 12.3 Å². The van der Waals surface area contributed by atoms with Crippen LogP contribution in [-0.4, -0.2) is 24.4 Å². The number of carbonyl (C=O) groups is 2. The van der Waals surface area contributed by atoms with Crippen LogP contribution in [0.15, 0.2) is 40.9 Å². The van der Waals surface area contributed by atoms with E-state index >= 15 is 0 Å². The minimum atomic E-state index is -0.169. The number of halogens is 1. The third-order valence-electron chi connectivity index (χ3n) is 4.09. The van der Waals surface area contributed by atoms with E-state index in [1.807, 2.05) is 24.3 Å². The molecule has 0 bridgehead atoms. The van der Waals surface area contributed by atoms with Crippen LogP contribution in [-0.2, 0) is 9.59 Å². The number of nitrogens with zero attached hydrogens (tertiary/aromatic N) is 1. The average Bonchev–Trinajstić information content (AvgIpc) is 3.20. The maximum atomic E-state index is 12.5. The molecule has 2 amide bonds. The molecule has 1 N–H and O–H groups in total. The van der Waals surface area contributed by atoms with Gasteiger partial charge in [-0.15, -0.1) is 11.8 Å². The van der Waals surface area contributed by atoms with Crippen LogP contribution >= 0.6 is 27.7 Å². The third kappa shape index (κ3) is 3.14. The van der Waals surface area contributed by atoms with Gasteiger partial charge < -0.3 is 14.8 Å². The van der Waals surface area contributed by atoms with Crippen LogP contribution in [0.25, 0.3) is 0 Å². The number of fused-ring (bicyclic) bond motifs is 1. The van der Waals surface area contributed by atoms with Crippen molar-refractivity contribution in [3.63, 3.8) is 0 Å². The Balaban J connectivity index is 1.67. The topological polar surface area (TPSA) is 67.9 Å². The number of rotatable bonds is 3. The van der Waals surface area contributed by atoms with Crippen molar-refractivity contribution in [2.75, 3.05) is 22.8 Å². The van der Waals surface area contributed by atoms with Gasteiger partial charge in [0.15, 0.2) is 11.5 Å². The van der Waals surface area contributed by atoms with Gasteiger partial charge in [0.2, 0.25) is 18.6 Å². The van der Waals surface area contributed by atoms with E-state index in [4.69, 9.17) is 9.47 Å². The Hall–Kier alpha value is -2.19. The van der Waals surface area contributed by atoms with Gasteiger partial charge in [0.1, 0.15) is 5.37 Å². The molecule has 1 saturated heterocycles. The Morgan fingerprint density at radius 2 is 1.92 bits per heavy atom. The molecule has 0 saturated carbocycles. The maximum Gasteiger partial charge on any atom is 0.238 e. The Bertz CT molecular complexity index is 888. The first kappa shape index (κ1) is 17.2. The standard InChI is InChI=1S/C18H15BrN2O4S/c1-10(22)20-11-2-4-12(5-3-11)21-17(23)8-26-18(21)13-6-15-16(7-14(13)19)25-9-24-15/h2-7,18H,8-9H2,1H3,(H,20,22). The number of carbonyl (C=O) groups excluding carboxylic acids is 2. The molecule has 26 heavy (non-hydrogen) atoms. The predicted molar refractivity (Wildman–Crippen MR) is 104 cm³/mol. The lowest BCUT2D eigenvalue weighted by Crippen LogP contribution is -2.28. The average molecular weight is 435 g/mol. The van der Waals surface area contributed by atoms with Gasteiger partial charge in [-0.1, -0.05) is 15.9 Å². The fourth-order valence-corrected chi connectivity index (χ4v) is 4.86. The van der Waals surface area contributed by atoms with Gasteiger partial charge in [0, 0.05) is 28.3 Å². The molecule has 2 heterocycles. The van der Waals surface area contributed by atoms with E-state index < -0.39 is 0 Å². The molecule has 2 aliphatic rings. The molecule has 0 radical (unpaired) electrons. The van der Waals surface area contributed by atoms with Gasteiger partial charge in [-0.3, -0.25) is 14.5 Å². The fourth-order valence-electron chi connectivity index (χ4n) is 2.96. The molecule has 6 nitrogen and oxygen atoms in total. The van der Waals surface area contributed by atoms with Gasteiger partial charge >= 0.3 is 0 Å². The highest BCUT2D eigenvalue weighted by atomic mass is 79.9. The second-order valence-electron chi connectivity index (χ2n) is 5.88. The molecule has 1 fully saturated rings. The van der Waals surface area contributed by atoms with Crippen LogP contribution in [0.5, 0.6) is 11.5 Å². The molecule has 4 rings (SSSR count). The zero-order chi connectivity index (χ0) is 18.3. The molecular formula is C18H15BrN2O4S. The minimum Gasteiger partial charge on any atom is -0.454 e. The molecule has 8 heteroatoms. The lowest BCUT2D eigenvalue weighted by molar-refractivity contribution is -0.116. The van der Waals surface area contributed by atoms with Crippen LogP contribution in [0.1, 0.15) is 17.9 Å². The number of hydrogen-bond acceptors (Lipinski definition) is 5. The third-order valence-corrected chi connectivity index (χ3v) is 5.97. The van der Waals surface area contributed by atoms with Crippen LogP contribution in [0, 0.1) is 0 Å². The van der Waals surface area contributed by atoms with Crippen molar-refractivity contribution in [1.29, 1.82) is 0 Å². The van der Waals surface area contributed by atoms with E-state index in [9.17, 15) is 9.59 Å². The zero-order valence-corrected chi connectivity index (χ0v) is 16.2. The second-order valence-corrected chi connectivity index (χ2v) is 7.81. The van der Waals surface area contributed by atoms with Crippen LogP contribution in [0.3, 0.4) is 0 Å². The smallest absolute Gasteiger partial charge is 0.238 e. The zero-order valence-electron chi connectivity index (χ0n) is 13.8. The van der Waals surface area contributed by atoms with E-state index in [2.05, 4.69) is 21.2 Å². The molecule has 134 valence electrons. The summed E-state index contributed by atoms with van der Waals surface area (Å²) in [4.78, 5) is 25.5. The molecular weight excluding hydrogens is 420 g/mol. The lowest BCUT2D eigenvalue weighted by Gasteiger charge is -2.25. The van der Waals surface area contributed by atoms with Crippen LogP contribution in [0.4, 0.5) is 11.4 Å². The Labute approximate surface area is 163 Å². The van der Waals surface area contributed by atoms with E-state index in [0.29, 0.717) is 22.9 Å². The fraction of sp³-hybridized carbons (Fsp3) is 0.222. The van der Waals surface area contributed by atoms with E-state index in [1.165, 1.54) is 6.92 Å². The molecule has 2 aliphatic heterocycles. The number of hydrogen-bond donors (Lipinski definition) is 1. The molecule has 0 aromatic heterocycles. The Morgan fingerprint density at radius 1 is 1.23 bits per heavy atom. The molecule has 2 aromatic rings. The summed E-state index contributed by atoms with van der Waals surface area (Å²) in [7, 11) is 0. The van der Waals surface area contributed by atoms with Gasteiger partial charge in [-0.25, -0.2) is 0 Å².